The first kappa shape index (κ1) is 20.9. The Bertz CT molecular complexity index is 1140. The molecule has 6 nitrogen and oxygen atoms in total. The molecule has 0 radical (unpaired) electrons. The number of fused-ring (bicyclic) bond motifs is 2. The van der Waals surface area contributed by atoms with Crippen molar-refractivity contribution in [3.8, 4) is 0 Å². The maximum absolute atomic E-state index is 12.8. The fourth-order valence-electron chi connectivity index (χ4n) is 4.87. The zero-order chi connectivity index (χ0) is 22.1. The first-order valence-electron chi connectivity index (χ1n) is 11.0. The summed E-state index contributed by atoms with van der Waals surface area (Å²) in [6.07, 6.45) is 6.90. The van der Waals surface area contributed by atoms with E-state index in [1.807, 2.05) is 29.3 Å². The number of pyridine rings is 2. The SMILES string of the molecule is O=C(Cc1ccc[n+]([O-])c1)N1CCN([C@@H]2c3ccc(Cl)cc3CCc3cccnc32)CC1. The molecule has 2 aromatic heterocycles. The largest absolute Gasteiger partial charge is 0.619 e. The minimum Gasteiger partial charge on any atom is -0.619 e. The summed E-state index contributed by atoms with van der Waals surface area (Å²) in [7, 11) is 0. The van der Waals surface area contributed by atoms with Gasteiger partial charge in [-0.3, -0.25) is 14.7 Å². The number of hydrogen-bond donors (Lipinski definition) is 0. The van der Waals surface area contributed by atoms with Crippen LogP contribution in [0.3, 0.4) is 0 Å². The molecule has 0 bridgehead atoms. The maximum Gasteiger partial charge on any atom is 0.227 e. The van der Waals surface area contributed by atoms with Gasteiger partial charge in [-0.15, -0.1) is 0 Å². The number of hydrogen-bond acceptors (Lipinski definition) is 4. The third kappa shape index (κ3) is 4.20. The van der Waals surface area contributed by atoms with Gasteiger partial charge in [0, 0.05) is 49.0 Å². The van der Waals surface area contributed by atoms with E-state index in [9.17, 15) is 10.0 Å². The van der Waals surface area contributed by atoms with Crippen molar-refractivity contribution in [2.24, 2.45) is 0 Å². The molecule has 7 heteroatoms. The van der Waals surface area contributed by atoms with Gasteiger partial charge in [-0.1, -0.05) is 23.7 Å². The number of benzene rings is 1. The van der Waals surface area contributed by atoms with E-state index in [2.05, 4.69) is 23.1 Å². The quantitative estimate of drug-likeness (QED) is 0.456. The van der Waals surface area contributed by atoms with Gasteiger partial charge in [-0.2, -0.15) is 4.73 Å². The molecule has 1 amide bonds. The Morgan fingerprint density at radius 2 is 1.91 bits per heavy atom. The minimum absolute atomic E-state index is 0.0578. The number of rotatable bonds is 3. The Balaban J connectivity index is 1.36. The molecular weight excluding hydrogens is 424 g/mol. The lowest BCUT2D eigenvalue weighted by Gasteiger charge is -2.39. The van der Waals surface area contributed by atoms with Crippen molar-refractivity contribution >= 4 is 17.5 Å². The second kappa shape index (κ2) is 8.88. The summed E-state index contributed by atoms with van der Waals surface area (Å²) >= 11 is 6.31. The molecule has 1 fully saturated rings. The van der Waals surface area contributed by atoms with Crippen molar-refractivity contribution in [1.82, 2.24) is 14.8 Å². The lowest BCUT2D eigenvalue weighted by Crippen LogP contribution is -2.50. The van der Waals surface area contributed by atoms with E-state index < -0.39 is 0 Å². The normalized spacial score (nSPS) is 18.5. The van der Waals surface area contributed by atoms with Crippen LogP contribution in [0.25, 0.3) is 0 Å². The predicted octanol–water partition coefficient (Wildman–Crippen LogP) is 2.94. The Hall–Kier alpha value is -2.96. The molecular formula is C25H25ClN4O2. The highest BCUT2D eigenvalue weighted by Crippen LogP contribution is 2.37. The summed E-state index contributed by atoms with van der Waals surface area (Å²) in [5.74, 6) is 0.0578. The van der Waals surface area contributed by atoms with Gasteiger partial charge < -0.3 is 10.1 Å². The van der Waals surface area contributed by atoms with Crippen molar-refractivity contribution in [3.05, 3.63) is 99.2 Å². The molecule has 0 saturated carbocycles. The van der Waals surface area contributed by atoms with Gasteiger partial charge in [0.1, 0.15) is 0 Å². The first-order chi connectivity index (χ1) is 15.6. The van der Waals surface area contributed by atoms with E-state index >= 15 is 0 Å². The summed E-state index contributed by atoms with van der Waals surface area (Å²) in [6.45, 7) is 2.85. The number of nitrogens with zero attached hydrogens (tertiary/aromatic N) is 4. The number of piperazine rings is 1. The Kier molecular flexibility index (Phi) is 5.81. The Morgan fingerprint density at radius 3 is 2.72 bits per heavy atom. The zero-order valence-corrected chi connectivity index (χ0v) is 18.5. The topological polar surface area (TPSA) is 63.4 Å². The van der Waals surface area contributed by atoms with Crippen molar-refractivity contribution in [2.75, 3.05) is 26.2 Å². The second-order valence-electron chi connectivity index (χ2n) is 8.46. The fourth-order valence-corrected chi connectivity index (χ4v) is 5.07. The molecule has 3 aromatic rings. The zero-order valence-electron chi connectivity index (χ0n) is 17.8. The van der Waals surface area contributed by atoms with Crippen LogP contribution in [0.2, 0.25) is 5.02 Å². The molecule has 164 valence electrons. The van der Waals surface area contributed by atoms with Gasteiger partial charge in [0.15, 0.2) is 12.4 Å². The molecule has 1 aromatic carbocycles. The van der Waals surface area contributed by atoms with Crippen LogP contribution in [0, 0.1) is 5.21 Å². The maximum atomic E-state index is 12.8. The number of amides is 1. The third-order valence-electron chi connectivity index (χ3n) is 6.47. The van der Waals surface area contributed by atoms with Gasteiger partial charge >= 0.3 is 0 Å². The summed E-state index contributed by atoms with van der Waals surface area (Å²) in [5, 5.41) is 12.2. The Morgan fingerprint density at radius 1 is 1.09 bits per heavy atom. The summed E-state index contributed by atoms with van der Waals surface area (Å²) in [4.78, 5) is 21.9. The smallest absolute Gasteiger partial charge is 0.227 e. The van der Waals surface area contributed by atoms with Gasteiger partial charge in [0.25, 0.3) is 0 Å². The third-order valence-corrected chi connectivity index (χ3v) is 6.71. The van der Waals surface area contributed by atoms with Crippen LogP contribution in [0.4, 0.5) is 0 Å². The highest BCUT2D eigenvalue weighted by atomic mass is 35.5. The average Bonchev–Trinajstić information content (AvgIpc) is 2.96. The average molecular weight is 449 g/mol. The summed E-state index contributed by atoms with van der Waals surface area (Å²) in [5.41, 5.74) is 5.66. The first-order valence-corrected chi connectivity index (χ1v) is 11.4. The van der Waals surface area contributed by atoms with Crippen molar-refractivity contribution in [3.63, 3.8) is 0 Å². The number of aryl methyl sites for hydroxylation is 2. The molecule has 32 heavy (non-hydrogen) atoms. The van der Waals surface area contributed by atoms with Gasteiger partial charge in [0.2, 0.25) is 5.91 Å². The van der Waals surface area contributed by atoms with Crippen LogP contribution in [0.1, 0.15) is 34.0 Å². The van der Waals surface area contributed by atoms with Crippen molar-refractivity contribution < 1.29 is 9.52 Å². The minimum atomic E-state index is 0.0578. The molecule has 1 aliphatic heterocycles. The number of halogens is 1. The molecule has 1 saturated heterocycles. The molecule has 0 spiro atoms. The highest BCUT2D eigenvalue weighted by molar-refractivity contribution is 6.30. The van der Waals surface area contributed by atoms with Crippen LogP contribution >= 0.6 is 11.6 Å². The predicted molar refractivity (Wildman–Crippen MR) is 122 cm³/mol. The van der Waals surface area contributed by atoms with E-state index in [0.29, 0.717) is 13.1 Å². The number of carbonyl (C=O) groups is 1. The number of carbonyl (C=O) groups excluding carboxylic acids is 1. The van der Waals surface area contributed by atoms with Crippen LogP contribution in [-0.2, 0) is 24.1 Å². The Labute approximate surface area is 192 Å². The van der Waals surface area contributed by atoms with Gasteiger partial charge in [-0.05, 0) is 53.8 Å². The lowest BCUT2D eigenvalue weighted by molar-refractivity contribution is -0.605. The van der Waals surface area contributed by atoms with Crippen molar-refractivity contribution in [1.29, 1.82) is 0 Å². The second-order valence-corrected chi connectivity index (χ2v) is 8.90. The number of aromatic nitrogens is 2. The molecule has 3 heterocycles. The van der Waals surface area contributed by atoms with E-state index in [4.69, 9.17) is 16.6 Å². The molecule has 0 unspecified atom stereocenters. The summed E-state index contributed by atoms with van der Waals surface area (Å²) < 4.78 is 0.737. The lowest BCUT2D eigenvalue weighted by atomic mass is 9.96. The van der Waals surface area contributed by atoms with Gasteiger partial charge in [-0.25, -0.2) is 0 Å². The van der Waals surface area contributed by atoms with E-state index in [-0.39, 0.29) is 18.4 Å². The summed E-state index contributed by atoms with van der Waals surface area (Å²) in [6, 6.07) is 13.9. The molecule has 1 atom stereocenters. The highest BCUT2D eigenvalue weighted by Gasteiger charge is 2.33. The van der Waals surface area contributed by atoms with E-state index in [1.165, 1.54) is 29.1 Å². The molecule has 0 N–H and O–H groups in total. The standard InChI is InChI=1S/C25H25ClN4O2/c26-21-7-8-22-20(16-21)6-5-19-4-1-9-27-24(19)25(22)29-13-11-28(12-14-29)23(31)15-18-3-2-10-30(32)17-18/h1-4,7-10,16-17,25H,5-6,11-15H2/t25-/m1/s1. The van der Waals surface area contributed by atoms with E-state index in [1.54, 1.807) is 6.07 Å². The van der Waals surface area contributed by atoms with Gasteiger partial charge in [0.05, 0.1) is 18.2 Å². The molecule has 2 aliphatic rings. The van der Waals surface area contributed by atoms with Crippen molar-refractivity contribution in [2.45, 2.75) is 25.3 Å². The van der Waals surface area contributed by atoms with E-state index in [0.717, 1.165) is 46.9 Å². The molecule has 5 rings (SSSR count). The molecule has 1 aliphatic carbocycles. The monoisotopic (exact) mass is 448 g/mol. The van der Waals surface area contributed by atoms with Crippen LogP contribution in [0.5, 0.6) is 0 Å². The van der Waals surface area contributed by atoms with Crippen LogP contribution in [-0.4, -0.2) is 46.9 Å². The fraction of sp³-hybridized carbons (Fsp3) is 0.320. The van der Waals surface area contributed by atoms with Crippen LogP contribution in [0.15, 0.2) is 61.1 Å². The van der Waals surface area contributed by atoms with Crippen LogP contribution < -0.4 is 4.73 Å².